The summed E-state index contributed by atoms with van der Waals surface area (Å²) in [5.74, 6) is 1.21. The minimum absolute atomic E-state index is 0.334. The normalized spacial score (nSPS) is 13.1. The van der Waals surface area contributed by atoms with E-state index in [9.17, 15) is 4.79 Å². The first-order valence-electron chi connectivity index (χ1n) is 7.48. The predicted molar refractivity (Wildman–Crippen MR) is 90.9 cm³/mol. The van der Waals surface area contributed by atoms with Crippen LogP contribution in [0.15, 0.2) is 18.2 Å². The molecule has 122 valence electrons. The van der Waals surface area contributed by atoms with Gasteiger partial charge in [-0.1, -0.05) is 0 Å². The number of aryl methyl sites for hydroxylation is 2. The highest BCUT2D eigenvalue weighted by atomic mass is 32.1. The number of fused-ring (bicyclic) bond motifs is 1. The average Bonchev–Trinajstić information content (AvgIpc) is 2.97. The number of amides is 2. The number of carbonyl (C=O) groups is 1. The summed E-state index contributed by atoms with van der Waals surface area (Å²) in [6.45, 7) is 0. The van der Waals surface area contributed by atoms with Gasteiger partial charge in [0.25, 0.3) is 0 Å². The van der Waals surface area contributed by atoms with Crippen LogP contribution in [0.4, 0.5) is 15.6 Å². The topological polar surface area (TPSA) is 72.5 Å². The first-order valence-corrected chi connectivity index (χ1v) is 8.30. The molecule has 23 heavy (non-hydrogen) atoms. The van der Waals surface area contributed by atoms with Crippen molar-refractivity contribution in [3.05, 3.63) is 28.8 Å². The van der Waals surface area contributed by atoms with Crippen molar-refractivity contribution in [3.63, 3.8) is 0 Å². The van der Waals surface area contributed by atoms with Crippen LogP contribution in [0.25, 0.3) is 0 Å². The molecule has 2 amide bonds. The van der Waals surface area contributed by atoms with Gasteiger partial charge in [0.2, 0.25) is 0 Å². The fourth-order valence-electron chi connectivity index (χ4n) is 2.56. The smallest absolute Gasteiger partial charge is 0.325 e. The number of nitrogens with one attached hydrogen (secondary N) is 2. The van der Waals surface area contributed by atoms with Crippen LogP contribution in [0.5, 0.6) is 11.5 Å². The Labute approximate surface area is 138 Å². The zero-order chi connectivity index (χ0) is 16.2. The van der Waals surface area contributed by atoms with E-state index >= 15 is 0 Å². The van der Waals surface area contributed by atoms with Gasteiger partial charge in [0.1, 0.15) is 11.5 Å². The summed E-state index contributed by atoms with van der Waals surface area (Å²) >= 11 is 1.56. The van der Waals surface area contributed by atoms with E-state index in [1.165, 1.54) is 17.7 Å². The molecule has 2 aromatic rings. The highest BCUT2D eigenvalue weighted by Crippen LogP contribution is 2.31. The molecule has 2 N–H and O–H groups in total. The van der Waals surface area contributed by atoms with E-state index in [-0.39, 0.29) is 6.03 Å². The van der Waals surface area contributed by atoms with Crippen LogP contribution < -0.4 is 20.1 Å². The number of hydrogen-bond donors (Lipinski definition) is 2. The maximum atomic E-state index is 12.2. The number of hydrogen-bond acceptors (Lipinski definition) is 5. The lowest BCUT2D eigenvalue weighted by molar-refractivity contribution is 0.262. The Balaban J connectivity index is 1.68. The number of ether oxygens (including phenoxy) is 2. The highest BCUT2D eigenvalue weighted by molar-refractivity contribution is 7.15. The molecule has 3 rings (SSSR count). The highest BCUT2D eigenvalue weighted by Gasteiger charge is 2.17. The molecule has 0 aliphatic heterocycles. The quantitative estimate of drug-likeness (QED) is 0.895. The maximum absolute atomic E-state index is 12.2. The molecule has 0 spiro atoms. The van der Waals surface area contributed by atoms with E-state index in [1.807, 2.05) is 0 Å². The number of urea groups is 1. The Kier molecular flexibility index (Phi) is 4.66. The van der Waals surface area contributed by atoms with Gasteiger partial charge in [-0.25, -0.2) is 9.78 Å². The molecule has 0 fully saturated rings. The number of carbonyl (C=O) groups excluding carboxylic acids is 1. The summed E-state index contributed by atoms with van der Waals surface area (Å²) in [6, 6.07) is 4.89. The number of methoxy groups -OCH3 is 2. The van der Waals surface area contributed by atoms with Crippen molar-refractivity contribution in [1.82, 2.24) is 4.98 Å². The molecular weight excluding hydrogens is 314 g/mol. The molecule has 1 heterocycles. The average molecular weight is 333 g/mol. The van der Waals surface area contributed by atoms with Gasteiger partial charge < -0.3 is 14.8 Å². The molecule has 6 nitrogen and oxygen atoms in total. The summed E-state index contributed by atoms with van der Waals surface area (Å²) < 4.78 is 10.4. The van der Waals surface area contributed by atoms with Gasteiger partial charge in [-0.2, -0.15) is 0 Å². The SMILES string of the molecule is COc1ccc(NC(=O)Nc2nc3c(s2)CCCC3)c(OC)c1. The molecule has 1 aromatic carbocycles. The van der Waals surface area contributed by atoms with E-state index in [2.05, 4.69) is 15.6 Å². The van der Waals surface area contributed by atoms with Crippen molar-refractivity contribution < 1.29 is 14.3 Å². The third-order valence-corrected chi connectivity index (χ3v) is 4.80. The zero-order valence-electron chi connectivity index (χ0n) is 13.1. The number of aromatic nitrogens is 1. The third kappa shape index (κ3) is 3.56. The Morgan fingerprint density at radius 1 is 1.17 bits per heavy atom. The van der Waals surface area contributed by atoms with Gasteiger partial charge in [0.05, 0.1) is 25.6 Å². The summed E-state index contributed by atoms with van der Waals surface area (Å²) in [5, 5.41) is 6.22. The molecule has 0 bridgehead atoms. The zero-order valence-corrected chi connectivity index (χ0v) is 14.0. The predicted octanol–water partition coefficient (Wildman–Crippen LogP) is 3.68. The van der Waals surface area contributed by atoms with Crippen molar-refractivity contribution in [2.45, 2.75) is 25.7 Å². The monoisotopic (exact) mass is 333 g/mol. The molecular formula is C16H19N3O3S. The molecule has 0 atom stereocenters. The Morgan fingerprint density at radius 2 is 2.00 bits per heavy atom. The summed E-state index contributed by atoms with van der Waals surface area (Å²) in [6.07, 6.45) is 4.43. The fourth-order valence-corrected chi connectivity index (χ4v) is 3.60. The third-order valence-electron chi connectivity index (χ3n) is 3.72. The van der Waals surface area contributed by atoms with Gasteiger partial charge in [-0.05, 0) is 37.8 Å². The number of nitrogens with zero attached hydrogens (tertiary/aromatic N) is 1. The Hall–Kier alpha value is -2.28. The number of rotatable bonds is 4. The van der Waals surface area contributed by atoms with Crippen LogP contribution in [0.3, 0.4) is 0 Å². The lowest BCUT2D eigenvalue weighted by Crippen LogP contribution is -2.19. The molecule has 0 saturated heterocycles. The second kappa shape index (κ2) is 6.87. The van der Waals surface area contributed by atoms with Crippen molar-refractivity contribution >= 4 is 28.2 Å². The van der Waals surface area contributed by atoms with Gasteiger partial charge in [-0.15, -0.1) is 11.3 Å². The summed E-state index contributed by atoms with van der Waals surface area (Å²) in [4.78, 5) is 18.0. The molecule has 0 radical (unpaired) electrons. The lowest BCUT2D eigenvalue weighted by Gasteiger charge is -2.11. The van der Waals surface area contributed by atoms with Crippen molar-refractivity contribution in [3.8, 4) is 11.5 Å². The first kappa shape index (κ1) is 15.6. The number of thiazole rings is 1. The van der Waals surface area contributed by atoms with Crippen LogP contribution in [-0.4, -0.2) is 25.2 Å². The van der Waals surface area contributed by atoms with Gasteiger partial charge >= 0.3 is 6.03 Å². The molecule has 1 aliphatic rings. The van der Waals surface area contributed by atoms with E-state index in [1.54, 1.807) is 43.8 Å². The van der Waals surface area contributed by atoms with Crippen LogP contribution in [0.1, 0.15) is 23.4 Å². The van der Waals surface area contributed by atoms with Crippen molar-refractivity contribution in [2.75, 3.05) is 24.9 Å². The molecule has 1 aromatic heterocycles. The second-order valence-electron chi connectivity index (χ2n) is 5.24. The maximum Gasteiger partial charge on any atom is 0.325 e. The van der Waals surface area contributed by atoms with E-state index in [0.717, 1.165) is 18.5 Å². The lowest BCUT2D eigenvalue weighted by atomic mass is 10.0. The molecule has 7 heteroatoms. The van der Waals surface area contributed by atoms with Gasteiger partial charge in [0.15, 0.2) is 5.13 Å². The fraction of sp³-hybridized carbons (Fsp3) is 0.375. The standard InChI is InChI=1S/C16H19N3O3S/c1-21-10-7-8-11(13(9-10)22-2)17-15(20)19-16-18-12-5-3-4-6-14(12)23-16/h7-9H,3-6H2,1-2H3,(H2,17,18,19,20). The molecule has 0 unspecified atom stereocenters. The first-order chi connectivity index (χ1) is 11.2. The van der Waals surface area contributed by atoms with Crippen LogP contribution in [0, 0.1) is 0 Å². The van der Waals surface area contributed by atoms with Crippen molar-refractivity contribution in [1.29, 1.82) is 0 Å². The summed E-state index contributed by atoms with van der Waals surface area (Å²) in [7, 11) is 3.13. The largest absolute Gasteiger partial charge is 0.497 e. The van der Waals surface area contributed by atoms with Gasteiger partial charge in [0, 0.05) is 10.9 Å². The van der Waals surface area contributed by atoms with E-state index in [4.69, 9.17) is 9.47 Å². The Bertz CT molecular complexity index is 691. The summed E-state index contributed by atoms with van der Waals surface area (Å²) in [5.41, 5.74) is 1.70. The minimum atomic E-state index is -0.334. The van der Waals surface area contributed by atoms with E-state index in [0.29, 0.717) is 22.3 Å². The second-order valence-corrected chi connectivity index (χ2v) is 6.32. The van der Waals surface area contributed by atoms with Crippen LogP contribution in [-0.2, 0) is 12.8 Å². The molecule has 0 saturated carbocycles. The molecule has 1 aliphatic carbocycles. The minimum Gasteiger partial charge on any atom is -0.497 e. The van der Waals surface area contributed by atoms with Gasteiger partial charge in [-0.3, -0.25) is 5.32 Å². The number of anilines is 2. The van der Waals surface area contributed by atoms with Crippen LogP contribution in [0.2, 0.25) is 0 Å². The number of benzene rings is 1. The Morgan fingerprint density at radius 3 is 2.74 bits per heavy atom. The van der Waals surface area contributed by atoms with E-state index < -0.39 is 0 Å². The van der Waals surface area contributed by atoms with Crippen LogP contribution >= 0.6 is 11.3 Å². The van der Waals surface area contributed by atoms with Crippen molar-refractivity contribution in [2.24, 2.45) is 0 Å².